The second kappa shape index (κ2) is 12.6. The number of nitrogens with one attached hydrogen (secondary N) is 1. The lowest BCUT2D eigenvalue weighted by Crippen LogP contribution is -2.53. The Balaban J connectivity index is 1.85. The quantitative estimate of drug-likeness (QED) is 0.557. The van der Waals surface area contributed by atoms with Gasteiger partial charge in [-0.25, -0.2) is 0 Å². The number of carbonyl (C=O) groups is 2. The Bertz CT molecular complexity index is 612. The molecular weight excluding hydrogens is 362 g/mol. The van der Waals surface area contributed by atoms with Gasteiger partial charge in [0.05, 0.1) is 0 Å². The fraction of sp³-hybridized carbons (Fsp3) is 0.667. The zero-order valence-electron chi connectivity index (χ0n) is 18.2. The van der Waals surface area contributed by atoms with Crippen LogP contribution >= 0.6 is 0 Å². The molecule has 2 atom stereocenters. The molecule has 0 spiro atoms. The molecule has 0 aliphatic carbocycles. The highest BCUT2D eigenvalue weighted by molar-refractivity contribution is 5.88. The van der Waals surface area contributed by atoms with Crippen molar-refractivity contribution < 1.29 is 9.59 Å². The lowest BCUT2D eigenvalue weighted by atomic mass is 9.89. The van der Waals surface area contributed by atoms with Gasteiger partial charge in [0.25, 0.3) is 0 Å². The molecule has 1 aromatic carbocycles. The minimum Gasteiger partial charge on any atom is -0.344 e. The van der Waals surface area contributed by atoms with E-state index in [4.69, 9.17) is 5.73 Å². The van der Waals surface area contributed by atoms with E-state index in [0.29, 0.717) is 18.9 Å². The van der Waals surface area contributed by atoms with Crippen LogP contribution in [0.3, 0.4) is 0 Å². The fourth-order valence-corrected chi connectivity index (χ4v) is 4.04. The topological polar surface area (TPSA) is 75.4 Å². The number of likely N-dealkylation sites (tertiary alicyclic amines) is 1. The van der Waals surface area contributed by atoms with Gasteiger partial charge in [-0.15, -0.1) is 0 Å². The minimum absolute atomic E-state index is 0.0142. The predicted molar refractivity (Wildman–Crippen MR) is 118 cm³/mol. The standard InChI is InChI=1S/C24H39N3O2/c1-3-19(2)23(26-22(28)12-8-5-9-15-25)24(29)27-16-13-21(14-17-27)18-20-10-6-4-7-11-20/h4,6-7,10-11,19,21,23H,3,5,8-9,12-18,25H2,1-2H3,(H,26,28)/t19-,23-/m1/s1. The molecule has 1 fully saturated rings. The Hall–Kier alpha value is -1.88. The third-order valence-electron chi connectivity index (χ3n) is 6.20. The second-order valence-corrected chi connectivity index (χ2v) is 8.49. The first-order chi connectivity index (χ1) is 14.0. The fourth-order valence-electron chi connectivity index (χ4n) is 4.04. The summed E-state index contributed by atoms with van der Waals surface area (Å²) in [4.78, 5) is 27.5. The third-order valence-corrected chi connectivity index (χ3v) is 6.20. The van der Waals surface area contributed by atoms with Crippen LogP contribution in [0.15, 0.2) is 30.3 Å². The number of piperidine rings is 1. The van der Waals surface area contributed by atoms with Gasteiger partial charge in [0, 0.05) is 19.5 Å². The van der Waals surface area contributed by atoms with Gasteiger partial charge in [-0.1, -0.05) is 57.0 Å². The van der Waals surface area contributed by atoms with E-state index in [1.165, 1.54) is 5.56 Å². The van der Waals surface area contributed by atoms with E-state index in [0.717, 1.165) is 58.0 Å². The van der Waals surface area contributed by atoms with Crippen molar-refractivity contribution in [1.29, 1.82) is 0 Å². The van der Waals surface area contributed by atoms with Crippen LogP contribution in [0, 0.1) is 11.8 Å². The van der Waals surface area contributed by atoms with Gasteiger partial charge in [0.1, 0.15) is 6.04 Å². The summed E-state index contributed by atoms with van der Waals surface area (Å²) >= 11 is 0. The van der Waals surface area contributed by atoms with E-state index in [1.807, 2.05) is 11.0 Å². The van der Waals surface area contributed by atoms with E-state index < -0.39 is 6.04 Å². The first-order valence-electron chi connectivity index (χ1n) is 11.4. The molecule has 0 bridgehead atoms. The van der Waals surface area contributed by atoms with E-state index in [-0.39, 0.29) is 17.7 Å². The van der Waals surface area contributed by atoms with Crippen molar-refractivity contribution >= 4 is 11.8 Å². The molecular formula is C24H39N3O2. The highest BCUT2D eigenvalue weighted by Gasteiger charge is 2.32. The first kappa shape index (κ1) is 23.4. The van der Waals surface area contributed by atoms with Crippen LogP contribution in [0.4, 0.5) is 0 Å². The van der Waals surface area contributed by atoms with E-state index in [9.17, 15) is 9.59 Å². The molecule has 1 aromatic rings. The highest BCUT2D eigenvalue weighted by atomic mass is 16.2. The van der Waals surface area contributed by atoms with Crippen LogP contribution in [0.2, 0.25) is 0 Å². The maximum Gasteiger partial charge on any atom is 0.245 e. The monoisotopic (exact) mass is 401 g/mol. The minimum atomic E-state index is -0.410. The van der Waals surface area contributed by atoms with Crippen LogP contribution in [0.1, 0.15) is 64.4 Å². The van der Waals surface area contributed by atoms with Crippen LogP contribution in [-0.4, -0.2) is 42.4 Å². The van der Waals surface area contributed by atoms with Gasteiger partial charge in [0.15, 0.2) is 0 Å². The summed E-state index contributed by atoms with van der Waals surface area (Å²) in [5.74, 6) is 0.839. The average Bonchev–Trinajstić information content (AvgIpc) is 2.75. The molecule has 1 saturated heterocycles. The van der Waals surface area contributed by atoms with Crippen molar-refractivity contribution in [2.45, 2.75) is 71.3 Å². The number of hydrogen-bond acceptors (Lipinski definition) is 3. The number of hydrogen-bond donors (Lipinski definition) is 2. The summed E-state index contributed by atoms with van der Waals surface area (Å²) in [5, 5.41) is 3.03. The second-order valence-electron chi connectivity index (χ2n) is 8.49. The highest BCUT2D eigenvalue weighted by Crippen LogP contribution is 2.23. The van der Waals surface area contributed by atoms with Crippen molar-refractivity contribution in [1.82, 2.24) is 10.2 Å². The summed E-state index contributed by atoms with van der Waals surface area (Å²) in [6.07, 6.45) is 7.21. The van der Waals surface area contributed by atoms with Crippen molar-refractivity contribution in [2.24, 2.45) is 17.6 Å². The Labute approximate surface area is 176 Å². The molecule has 3 N–H and O–H groups in total. The van der Waals surface area contributed by atoms with Gasteiger partial charge in [0.2, 0.25) is 11.8 Å². The molecule has 2 amide bonds. The van der Waals surface area contributed by atoms with Crippen LogP contribution in [0.5, 0.6) is 0 Å². The molecule has 5 heteroatoms. The Kier molecular flexibility index (Phi) is 10.2. The Morgan fingerprint density at radius 1 is 1.14 bits per heavy atom. The number of carbonyl (C=O) groups excluding carboxylic acids is 2. The maximum absolute atomic E-state index is 13.2. The number of benzene rings is 1. The van der Waals surface area contributed by atoms with Gasteiger partial charge < -0.3 is 16.0 Å². The Morgan fingerprint density at radius 2 is 1.83 bits per heavy atom. The summed E-state index contributed by atoms with van der Waals surface area (Å²) in [5.41, 5.74) is 6.88. The predicted octanol–water partition coefficient (Wildman–Crippen LogP) is 3.52. The molecule has 5 nitrogen and oxygen atoms in total. The summed E-state index contributed by atoms with van der Waals surface area (Å²) in [7, 11) is 0. The zero-order chi connectivity index (χ0) is 21.1. The van der Waals surface area contributed by atoms with Gasteiger partial charge >= 0.3 is 0 Å². The summed E-state index contributed by atoms with van der Waals surface area (Å²) in [6.45, 7) is 6.37. The van der Waals surface area contributed by atoms with Crippen molar-refractivity contribution in [2.75, 3.05) is 19.6 Å². The number of rotatable bonds is 11. The van der Waals surface area contributed by atoms with Crippen LogP contribution in [-0.2, 0) is 16.0 Å². The lowest BCUT2D eigenvalue weighted by molar-refractivity contribution is -0.139. The normalized spacial score (nSPS) is 17.0. The smallest absolute Gasteiger partial charge is 0.245 e. The molecule has 0 unspecified atom stereocenters. The largest absolute Gasteiger partial charge is 0.344 e. The van der Waals surface area contributed by atoms with E-state index in [1.54, 1.807) is 0 Å². The molecule has 0 aromatic heterocycles. The average molecular weight is 402 g/mol. The molecule has 2 rings (SSSR count). The number of nitrogens with two attached hydrogens (primary N) is 1. The SMILES string of the molecule is CC[C@@H](C)[C@@H](NC(=O)CCCCCN)C(=O)N1CCC(Cc2ccccc2)CC1. The summed E-state index contributed by atoms with van der Waals surface area (Å²) in [6, 6.07) is 10.2. The van der Waals surface area contributed by atoms with Gasteiger partial charge in [-0.2, -0.15) is 0 Å². The molecule has 0 radical (unpaired) electrons. The first-order valence-corrected chi connectivity index (χ1v) is 11.4. The van der Waals surface area contributed by atoms with Crippen molar-refractivity contribution in [3.05, 3.63) is 35.9 Å². The molecule has 0 saturated carbocycles. The van der Waals surface area contributed by atoms with Crippen molar-refractivity contribution in [3.8, 4) is 0 Å². The van der Waals surface area contributed by atoms with Gasteiger partial charge in [-0.05, 0) is 56.0 Å². The number of amides is 2. The number of nitrogens with zero attached hydrogens (tertiary/aromatic N) is 1. The maximum atomic E-state index is 13.2. The van der Waals surface area contributed by atoms with E-state index in [2.05, 4.69) is 43.4 Å². The third kappa shape index (κ3) is 7.81. The van der Waals surface area contributed by atoms with E-state index >= 15 is 0 Å². The van der Waals surface area contributed by atoms with Crippen LogP contribution < -0.4 is 11.1 Å². The van der Waals surface area contributed by atoms with Gasteiger partial charge in [-0.3, -0.25) is 9.59 Å². The molecule has 1 heterocycles. The number of unbranched alkanes of at least 4 members (excludes halogenated alkanes) is 2. The molecule has 1 aliphatic rings. The molecule has 29 heavy (non-hydrogen) atoms. The molecule has 1 aliphatic heterocycles. The summed E-state index contributed by atoms with van der Waals surface area (Å²) < 4.78 is 0. The van der Waals surface area contributed by atoms with Crippen molar-refractivity contribution in [3.63, 3.8) is 0 Å². The zero-order valence-corrected chi connectivity index (χ0v) is 18.2. The van der Waals surface area contributed by atoms with Crippen LogP contribution in [0.25, 0.3) is 0 Å². The lowest BCUT2D eigenvalue weighted by Gasteiger charge is -2.36. The molecule has 162 valence electrons. The Morgan fingerprint density at radius 3 is 2.45 bits per heavy atom.